The van der Waals surface area contributed by atoms with Crippen molar-refractivity contribution in [1.29, 1.82) is 0 Å². The average Bonchev–Trinajstić information content (AvgIpc) is 2.25. The SMILES string of the molecule is CC(C)(C)CCCC(C)(C)CS(=O)(=O)c1ccccc1Br. The third-order valence-electron chi connectivity index (χ3n) is 3.53. The second-order valence-corrected chi connectivity index (χ2v) is 10.6. The monoisotopic (exact) mass is 374 g/mol. The molecule has 0 fully saturated rings. The standard InChI is InChI=1S/C17H27BrO2S/c1-16(2,3)11-8-12-17(4,5)13-21(19,20)15-10-7-6-9-14(15)18/h6-7,9-10H,8,11-13H2,1-5H3. The first-order chi connectivity index (χ1) is 9.43. The van der Waals surface area contributed by atoms with Crippen LogP contribution in [-0.2, 0) is 9.84 Å². The third-order valence-corrected chi connectivity index (χ3v) is 6.67. The van der Waals surface area contributed by atoms with Crippen LogP contribution in [0.2, 0.25) is 0 Å². The maximum Gasteiger partial charge on any atom is 0.180 e. The summed E-state index contributed by atoms with van der Waals surface area (Å²) < 4.78 is 25.8. The van der Waals surface area contributed by atoms with Gasteiger partial charge in [0.25, 0.3) is 0 Å². The maximum atomic E-state index is 12.6. The van der Waals surface area contributed by atoms with E-state index in [1.54, 1.807) is 18.2 Å². The number of rotatable bonds is 6. The molecule has 0 radical (unpaired) electrons. The van der Waals surface area contributed by atoms with E-state index in [0.29, 0.717) is 14.8 Å². The highest BCUT2D eigenvalue weighted by atomic mass is 79.9. The number of sulfone groups is 1. The van der Waals surface area contributed by atoms with E-state index in [2.05, 4.69) is 36.7 Å². The smallest absolute Gasteiger partial charge is 0.180 e. The Kier molecular flexibility index (Phi) is 6.08. The van der Waals surface area contributed by atoms with Crippen LogP contribution in [0, 0.1) is 10.8 Å². The molecule has 0 spiro atoms. The van der Waals surface area contributed by atoms with Gasteiger partial charge in [-0.25, -0.2) is 8.42 Å². The minimum atomic E-state index is -3.26. The van der Waals surface area contributed by atoms with Gasteiger partial charge in [0, 0.05) is 4.47 Å². The Labute approximate surface area is 138 Å². The van der Waals surface area contributed by atoms with Gasteiger partial charge < -0.3 is 0 Å². The van der Waals surface area contributed by atoms with Gasteiger partial charge in [-0.2, -0.15) is 0 Å². The predicted octanol–water partition coefficient (Wildman–Crippen LogP) is 5.47. The molecule has 0 unspecified atom stereocenters. The molecule has 2 nitrogen and oxygen atoms in total. The van der Waals surface area contributed by atoms with Crippen molar-refractivity contribution in [3.8, 4) is 0 Å². The van der Waals surface area contributed by atoms with Crippen molar-refractivity contribution in [3.63, 3.8) is 0 Å². The van der Waals surface area contributed by atoms with Crippen molar-refractivity contribution in [2.75, 3.05) is 5.75 Å². The first-order valence-electron chi connectivity index (χ1n) is 7.40. The van der Waals surface area contributed by atoms with Crippen LogP contribution in [-0.4, -0.2) is 14.2 Å². The predicted molar refractivity (Wildman–Crippen MR) is 93.3 cm³/mol. The Morgan fingerprint density at radius 1 is 1.00 bits per heavy atom. The van der Waals surface area contributed by atoms with Crippen molar-refractivity contribution in [3.05, 3.63) is 28.7 Å². The fraction of sp³-hybridized carbons (Fsp3) is 0.647. The van der Waals surface area contributed by atoms with Gasteiger partial charge in [0.2, 0.25) is 0 Å². The summed E-state index contributed by atoms with van der Waals surface area (Å²) in [7, 11) is -3.26. The zero-order chi connectivity index (χ0) is 16.3. The second-order valence-electron chi connectivity index (χ2n) is 7.77. The summed E-state index contributed by atoms with van der Waals surface area (Å²) in [5.41, 5.74) is 0.0940. The Balaban J connectivity index is 2.76. The van der Waals surface area contributed by atoms with Crippen LogP contribution in [0.25, 0.3) is 0 Å². The quantitative estimate of drug-likeness (QED) is 0.661. The molecule has 1 aromatic rings. The van der Waals surface area contributed by atoms with Gasteiger partial charge in [-0.1, -0.05) is 53.2 Å². The average molecular weight is 375 g/mol. The van der Waals surface area contributed by atoms with Gasteiger partial charge in [0.1, 0.15) is 0 Å². The molecule has 120 valence electrons. The maximum absolute atomic E-state index is 12.6. The summed E-state index contributed by atoms with van der Waals surface area (Å²) in [5, 5.41) is 0. The highest BCUT2D eigenvalue weighted by Gasteiger charge is 2.28. The Morgan fingerprint density at radius 3 is 2.10 bits per heavy atom. The summed E-state index contributed by atoms with van der Waals surface area (Å²) in [6.07, 6.45) is 3.10. The Morgan fingerprint density at radius 2 is 1.57 bits per heavy atom. The first kappa shape index (κ1) is 18.7. The molecule has 0 amide bonds. The van der Waals surface area contributed by atoms with Crippen molar-refractivity contribution < 1.29 is 8.42 Å². The lowest BCUT2D eigenvalue weighted by atomic mass is 9.84. The van der Waals surface area contributed by atoms with Gasteiger partial charge in [-0.05, 0) is 51.7 Å². The van der Waals surface area contributed by atoms with E-state index in [9.17, 15) is 8.42 Å². The Bertz CT molecular complexity index is 569. The van der Waals surface area contributed by atoms with Crippen LogP contribution in [0.15, 0.2) is 33.6 Å². The van der Waals surface area contributed by atoms with E-state index in [-0.39, 0.29) is 11.2 Å². The van der Waals surface area contributed by atoms with Crippen LogP contribution in [0.5, 0.6) is 0 Å². The second kappa shape index (κ2) is 6.82. The van der Waals surface area contributed by atoms with Crippen LogP contribution in [0.3, 0.4) is 0 Å². The lowest BCUT2D eigenvalue weighted by molar-refractivity contribution is 0.302. The fourth-order valence-electron chi connectivity index (χ4n) is 2.46. The molecule has 0 N–H and O–H groups in total. The summed E-state index contributed by atoms with van der Waals surface area (Å²) in [6.45, 7) is 10.8. The number of hydrogen-bond donors (Lipinski definition) is 0. The zero-order valence-electron chi connectivity index (χ0n) is 13.7. The summed E-state index contributed by atoms with van der Waals surface area (Å²) in [5.74, 6) is 0.187. The third kappa shape index (κ3) is 6.52. The normalized spacial score (nSPS) is 13.4. The molecule has 0 saturated carbocycles. The first-order valence-corrected chi connectivity index (χ1v) is 9.85. The number of benzene rings is 1. The van der Waals surface area contributed by atoms with E-state index < -0.39 is 9.84 Å². The molecule has 0 atom stereocenters. The summed E-state index contributed by atoms with van der Waals surface area (Å²) in [4.78, 5) is 0.397. The molecule has 0 bridgehead atoms. The Hall–Kier alpha value is -0.350. The van der Waals surface area contributed by atoms with Crippen LogP contribution in [0.1, 0.15) is 53.9 Å². The van der Waals surface area contributed by atoms with E-state index in [1.165, 1.54) is 0 Å². The topological polar surface area (TPSA) is 34.1 Å². The molecule has 0 saturated heterocycles. The van der Waals surface area contributed by atoms with E-state index >= 15 is 0 Å². The molecular formula is C17H27BrO2S. The summed E-state index contributed by atoms with van der Waals surface area (Å²) >= 11 is 3.34. The highest BCUT2D eigenvalue weighted by Crippen LogP contribution is 2.33. The molecular weight excluding hydrogens is 348 g/mol. The molecule has 1 rings (SSSR count). The number of hydrogen-bond acceptors (Lipinski definition) is 2. The number of halogens is 1. The van der Waals surface area contributed by atoms with Gasteiger partial charge in [-0.15, -0.1) is 0 Å². The molecule has 4 heteroatoms. The van der Waals surface area contributed by atoms with Crippen molar-refractivity contribution in [1.82, 2.24) is 0 Å². The molecule has 0 aliphatic heterocycles. The largest absolute Gasteiger partial charge is 0.224 e. The van der Waals surface area contributed by atoms with E-state index in [1.807, 2.05) is 19.9 Å². The minimum Gasteiger partial charge on any atom is -0.224 e. The molecule has 21 heavy (non-hydrogen) atoms. The van der Waals surface area contributed by atoms with Gasteiger partial charge in [0.05, 0.1) is 10.6 Å². The molecule has 0 heterocycles. The minimum absolute atomic E-state index is 0.187. The lowest BCUT2D eigenvalue weighted by Gasteiger charge is -2.26. The van der Waals surface area contributed by atoms with Gasteiger partial charge >= 0.3 is 0 Å². The summed E-state index contributed by atoms with van der Waals surface area (Å²) in [6, 6.07) is 7.05. The van der Waals surface area contributed by atoms with Crippen LogP contribution in [0.4, 0.5) is 0 Å². The van der Waals surface area contributed by atoms with E-state index in [0.717, 1.165) is 19.3 Å². The van der Waals surface area contributed by atoms with Gasteiger partial charge in [-0.3, -0.25) is 0 Å². The van der Waals surface area contributed by atoms with E-state index in [4.69, 9.17) is 0 Å². The van der Waals surface area contributed by atoms with Crippen molar-refractivity contribution in [2.45, 2.75) is 58.8 Å². The fourth-order valence-corrected chi connectivity index (χ4v) is 5.46. The van der Waals surface area contributed by atoms with Gasteiger partial charge in [0.15, 0.2) is 9.84 Å². The lowest BCUT2D eigenvalue weighted by Crippen LogP contribution is -2.25. The van der Waals surface area contributed by atoms with Crippen molar-refractivity contribution >= 4 is 25.8 Å². The molecule has 0 aromatic heterocycles. The molecule has 0 aliphatic rings. The molecule has 0 aliphatic carbocycles. The zero-order valence-corrected chi connectivity index (χ0v) is 16.1. The van der Waals surface area contributed by atoms with Crippen LogP contribution < -0.4 is 0 Å². The highest BCUT2D eigenvalue weighted by molar-refractivity contribution is 9.10. The molecule has 1 aromatic carbocycles. The van der Waals surface area contributed by atoms with Crippen LogP contribution >= 0.6 is 15.9 Å². The van der Waals surface area contributed by atoms with Crippen molar-refractivity contribution in [2.24, 2.45) is 10.8 Å².